The first-order valence-corrected chi connectivity index (χ1v) is 4.31. The van der Waals surface area contributed by atoms with Crippen LogP contribution in [-0.4, -0.2) is 19.9 Å². The Morgan fingerprint density at radius 1 is 1.27 bits per heavy atom. The summed E-state index contributed by atoms with van der Waals surface area (Å²) in [6, 6.07) is 0. The van der Waals surface area contributed by atoms with Crippen molar-refractivity contribution in [3.8, 4) is 11.8 Å². The summed E-state index contributed by atoms with van der Waals surface area (Å²) < 4.78 is 0. The van der Waals surface area contributed by atoms with Crippen LogP contribution in [0.3, 0.4) is 0 Å². The number of H-pyrrole nitrogens is 3. The molecule has 6 heteroatoms. The van der Waals surface area contributed by atoms with Crippen molar-refractivity contribution in [1.82, 2.24) is 19.9 Å². The van der Waals surface area contributed by atoms with Crippen molar-refractivity contribution in [2.45, 2.75) is 13.3 Å². The summed E-state index contributed by atoms with van der Waals surface area (Å²) in [5, 5.41) is 0. The molecule has 2 aromatic heterocycles. The largest absolute Gasteiger partial charge is 0.335 e. The second-order valence-electron chi connectivity index (χ2n) is 2.92. The van der Waals surface area contributed by atoms with Crippen LogP contribution < -0.4 is 11.2 Å². The molecule has 0 aliphatic carbocycles. The molecular weight excluding hydrogens is 196 g/mol. The van der Waals surface area contributed by atoms with Gasteiger partial charge >= 0.3 is 5.69 Å². The van der Waals surface area contributed by atoms with Gasteiger partial charge in [0, 0.05) is 0 Å². The second-order valence-corrected chi connectivity index (χ2v) is 2.92. The van der Waals surface area contributed by atoms with E-state index in [4.69, 9.17) is 0 Å². The lowest BCUT2D eigenvalue weighted by Gasteiger charge is -1.83. The monoisotopic (exact) mass is 204 g/mol. The third-order valence-electron chi connectivity index (χ3n) is 1.87. The maximum atomic E-state index is 11.3. The Hall–Kier alpha value is -2.29. The number of hydrogen-bond acceptors (Lipinski definition) is 3. The molecule has 0 saturated heterocycles. The first kappa shape index (κ1) is 9.27. The van der Waals surface area contributed by atoms with Crippen LogP contribution in [0.25, 0.3) is 11.2 Å². The minimum Gasteiger partial charge on any atom is -0.335 e. The van der Waals surface area contributed by atoms with Crippen molar-refractivity contribution in [2.24, 2.45) is 0 Å². The summed E-state index contributed by atoms with van der Waals surface area (Å²) >= 11 is 0. The van der Waals surface area contributed by atoms with Gasteiger partial charge in [-0.1, -0.05) is 5.92 Å². The Morgan fingerprint density at radius 3 is 2.80 bits per heavy atom. The highest BCUT2D eigenvalue weighted by atomic mass is 16.2. The lowest BCUT2D eigenvalue weighted by molar-refractivity contribution is 1.06. The van der Waals surface area contributed by atoms with E-state index < -0.39 is 11.2 Å². The van der Waals surface area contributed by atoms with E-state index >= 15 is 0 Å². The predicted molar refractivity (Wildman–Crippen MR) is 54.5 cm³/mol. The first-order valence-electron chi connectivity index (χ1n) is 4.31. The highest BCUT2D eigenvalue weighted by Gasteiger charge is 2.05. The van der Waals surface area contributed by atoms with Crippen molar-refractivity contribution in [2.75, 3.05) is 0 Å². The highest BCUT2D eigenvalue weighted by molar-refractivity contribution is 5.68. The molecule has 0 saturated carbocycles. The molecule has 0 bridgehead atoms. The highest BCUT2D eigenvalue weighted by Crippen LogP contribution is 2.01. The van der Waals surface area contributed by atoms with Crippen molar-refractivity contribution in [1.29, 1.82) is 0 Å². The van der Waals surface area contributed by atoms with Gasteiger partial charge in [0.25, 0.3) is 5.56 Å². The third-order valence-corrected chi connectivity index (χ3v) is 1.87. The van der Waals surface area contributed by atoms with E-state index in [2.05, 4.69) is 31.8 Å². The quantitative estimate of drug-likeness (QED) is 0.547. The van der Waals surface area contributed by atoms with E-state index in [1.54, 1.807) is 6.92 Å². The van der Waals surface area contributed by atoms with Gasteiger partial charge in [0.15, 0.2) is 5.65 Å². The molecule has 0 spiro atoms. The number of hydrogen-bond donors (Lipinski definition) is 3. The van der Waals surface area contributed by atoms with E-state index in [0.717, 1.165) is 0 Å². The van der Waals surface area contributed by atoms with Gasteiger partial charge in [-0.05, 0) is 6.92 Å². The topological polar surface area (TPSA) is 94.4 Å². The van der Waals surface area contributed by atoms with E-state index in [-0.39, 0.29) is 11.2 Å². The number of imidazole rings is 1. The minimum absolute atomic E-state index is 0.261. The molecule has 6 nitrogen and oxygen atoms in total. The van der Waals surface area contributed by atoms with Crippen LogP contribution in [-0.2, 0) is 6.42 Å². The van der Waals surface area contributed by atoms with Gasteiger partial charge in [-0.15, -0.1) is 5.92 Å². The van der Waals surface area contributed by atoms with E-state index in [0.29, 0.717) is 12.2 Å². The van der Waals surface area contributed by atoms with Gasteiger partial charge in [-0.2, -0.15) is 0 Å². The second kappa shape index (κ2) is 3.46. The molecule has 0 radical (unpaired) electrons. The Morgan fingerprint density at radius 2 is 2.07 bits per heavy atom. The summed E-state index contributed by atoms with van der Waals surface area (Å²) in [5.74, 6) is 6.09. The summed E-state index contributed by atoms with van der Waals surface area (Å²) in [7, 11) is 0. The van der Waals surface area contributed by atoms with E-state index in [1.165, 1.54) is 0 Å². The van der Waals surface area contributed by atoms with Gasteiger partial charge in [0.2, 0.25) is 0 Å². The Balaban J connectivity index is 2.64. The van der Waals surface area contributed by atoms with Crippen LogP contribution in [0.5, 0.6) is 0 Å². The summed E-state index contributed by atoms with van der Waals surface area (Å²) in [6.07, 6.45) is 0.423. The van der Waals surface area contributed by atoms with Crippen LogP contribution in [0.1, 0.15) is 12.7 Å². The van der Waals surface area contributed by atoms with Crippen LogP contribution in [0.15, 0.2) is 9.59 Å². The third kappa shape index (κ3) is 1.67. The van der Waals surface area contributed by atoms with Crippen molar-refractivity contribution < 1.29 is 0 Å². The summed E-state index contributed by atoms with van der Waals surface area (Å²) in [5.41, 5.74) is -0.511. The normalized spacial score (nSPS) is 9.93. The smallest absolute Gasteiger partial charge is 0.327 e. The summed E-state index contributed by atoms with van der Waals surface area (Å²) in [6.45, 7) is 1.72. The standard InChI is InChI=1S/C9H8N4O2/c1-2-3-4-5-10-6-7(11-5)12-9(15)13-8(6)14/h4H2,1H3,(H3,10,11,12,13,14,15). The number of nitrogens with zero attached hydrogens (tertiary/aromatic N) is 1. The molecule has 0 aliphatic heterocycles. The zero-order valence-corrected chi connectivity index (χ0v) is 7.97. The van der Waals surface area contributed by atoms with Crippen molar-refractivity contribution >= 4 is 11.2 Å². The van der Waals surface area contributed by atoms with E-state index in [9.17, 15) is 9.59 Å². The molecule has 3 N–H and O–H groups in total. The lowest BCUT2D eigenvalue weighted by atomic mass is 10.4. The number of aromatic nitrogens is 4. The molecule has 0 aliphatic rings. The fourth-order valence-electron chi connectivity index (χ4n) is 1.24. The number of aromatic amines is 3. The number of fused-ring (bicyclic) bond motifs is 1. The maximum Gasteiger partial charge on any atom is 0.327 e. The molecule has 0 amide bonds. The molecule has 2 rings (SSSR count). The van der Waals surface area contributed by atoms with Crippen molar-refractivity contribution in [3.05, 3.63) is 26.7 Å². The zero-order chi connectivity index (χ0) is 10.8. The molecule has 2 heterocycles. The molecule has 0 aromatic carbocycles. The van der Waals surface area contributed by atoms with Gasteiger partial charge in [-0.25, -0.2) is 9.78 Å². The Labute approximate surface area is 83.8 Å². The number of rotatable bonds is 1. The molecule has 2 aromatic rings. The van der Waals surface area contributed by atoms with Gasteiger partial charge in [0.05, 0.1) is 6.42 Å². The maximum absolute atomic E-state index is 11.3. The Kier molecular flexibility index (Phi) is 2.14. The SMILES string of the molecule is CC#CCc1nc2[nH]c(=O)[nH]c(=O)c2[nH]1. The van der Waals surface area contributed by atoms with Crippen molar-refractivity contribution in [3.63, 3.8) is 0 Å². The first-order chi connectivity index (χ1) is 7.20. The van der Waals surface area contributed by atoms with Crippen LogP contribution >= 0.6 is 0 Å². The molecule has 76 valence electrons. The van der Waals surface area contributed by atoms with Crippen LogP contribution in [0.2, 0.25) is 0 Å². The minimum atomic E-state index is -0.563. The molecule has 0 atom stereocenters. The van der Waals surface area contributed by atoms with Crippen LogP contribution in [0, 0.1) is 11.8 Å². The molecule has 0 unspecified atom stereocenters. The van der Waals surface area contributed by atoms with Crippen LogP contribution in [0.4, 0.5) is 0 Å². The average molecular weight is 204 g/mol. The predicted octanol–water partition coefficient (Wildman–Crippen LogP) is -0.495. The molecule has 0 fully saturated rings. The fourth-order valence-corrected chi connectivity index (χ4v) is 1.24. The lowest BCUT2D eigenvalue weighted by Crippen LogP contribution is -2.21. The van der Waals surface area contributed by atoms with Gasteiger partial charge in [-0.3, -0.25) is 14.8 Å². The summed E-state index contributed by atoms with van der Waals surface area (Å²) in [4.78, 5) is 33.6. The van der Waals surface area contributed by atoms with Gasteiger partial charge in [0.1, 0.15) is 11.3 Å². The average Bonchev–Trinajstić information content (AvgIpc) is 2.57. The van der Waals surface area contributed by atoms with E-state index in [1.807, 2.05) is 0 Å². The molecule has 15 heavy (non-hydrogen) atoms. The fraction of sp³-hybridized carbons (Fsp3) is 0.222. The Bertz CT molecular complexity index is 665. The molecular formula is C9H8N4O2. The number of nitrogens with one attached hydrogen (secondary N) is 3. The zero-order valence-electron chi connectivity index (χ0n) is 7.97. The van der Waals surface area contributed by atoms with Gasteiger partial charge < -0.3 is 4.98 Å².